The van der Waals surface area contributed by atoms with Crippen LogP contribution in [0, 0.1) is 0 Å². The smallest absolute Gasteiger partial charge is 0.295 e. The zero-order chi connectivity index (χ0) is 8.77. The summed E-state index contributed by atoms with van der Waals surface area (Å²) in [6.45, 7) is 0. The van der Waals surface area contributed by atoms with Crippen molar-refractivity contribution < 1.29 is 8.42 Å². The Morgan fingerprint density at radius 2 is 2.33 bits per heavy atom. The van der Waals surface area contributed by atoms with Gasteiger partial charge in [-0.15, -0.1) is 15.7 Å². The lowest BCUT2D eigenvalue weighted by molar-refractivity contribution is 0.600. The molecule has 4 nitrogen and oxygen atoms in total. The number of halogens is 1. The van der Waals surface area contributed by atoms with Gasteiger partial charge in [0.15, 0.2) is 4.21 Å². The first-order chi connectivity index (χ1) is 5.59. The second kappa shape index (κ2) is 2.45. The number of hydrogen-bond acceptors (Lipinski definition) is 4. The minimum absolute atomic E-state index is 0.176. The van der Waals surface area contributed by atoms with Gasteiger partial charge in [0.1, 0.15) is 6.34 Å². The van der Waals surface area contributed by atoms with E-state index < -0.39 is 10.0 Å². The highest BCUT2D eigenvalue weighted by atomic mass is 35.5. The lowest BCUT2D eigenvalue weighted by Crippen LogP contribution is -2.08. The molecule has 64 valence electrons. The summed E-state index contributed by atoms with van der Waals surface area (Å²) in [5.74, 6) is 0. The van der Waals surface area contributed by atoms with E-state index in [9.17, 15) is 8.42 Å². The second-order valence-electron chi connectivity index (χ2n) is 2.11. The van der Waals surface area contributed by atoms with Gasteiger partial charge < -0.3 is 5.32 Å². The van der Waals surface area contributed by atoms with Crippen molar-refractivity contribution in [2.75, 3.05) is 5.32 Å². The third-order valence-corrected chi connectivity index (χ3v) is 4.33. The molecule has 1 aliphatic heterocycles. The van der Waals surface area contributed by atoms with E-state index in [1.807, 2.05) is 0 Å². The van der Waals surface area contributed by atoms with Gasteiger partial charge in [-0.05, 0) is 6.07 Å². The van der Waals surface area contributed by atoms with Gasteiger partial charge >= 0.3 is 0 Å². The Balaban J connectivity index is 2.73. The van der Waals surface area contributed by atoms with Crippen LogP contribution in [0.1, 0.15) is 0 Å². The average molecular weight is 223 g/mol. The Hall–Kier alpha value is -0.590. The van der Waals surface area contributed by atoms with E-state index in [2.05, 4.69) is 9.71 Å². The Kier molecular flexibility index (Phi) is 1.64. The van der Waals surface area contributed by atoms with Crippen LogP contribution in [0.3, 0.4) is 0 Å². The third-order valence-electron chi connectivity index (χ3n) is 1.31. The number of fused-ring (bicyclic) bond motifs is 1. The van der Waals surface area contributed by atoms with E-state index >= 15 is 0 Å². The van der Waals surface area contributed by atoms with Crippen molar-refractivity contribution in [3.05, 3.63) is 10.4 Å². The molecule has 0 bridgehead atoms. The van der Waals surface area contributed by atoms with Crippen LogP contribution in [-0.2, 0) is 10.0 Å². The van der Waals surface area contributed by atoms with E-state index in [0.717, 1.165) is 17.7 Å². The van der Waals surface area contributed by atoms with Crippen LogP contribution in [-0.4, -0.2) is 14.8 Å². The van der Waals surface area contributed by atoms with E-state index in [-0.39, 0.29) is 4.21 Å². The van der Waals surface area contributed by atoms with Crippen LogP contribution < -0.4 is 5.32 Å². The molecule has 7 heteroatoms. The fraction of sp³-hybridized carbons (Fsp3) is 0. The van der Waals surface area contributed by atoms with Gasteiger partial charge in [0, 0.05) is 0 Å². The number of rotatable bonds is 0. The highest BCUT2D eigenvalue weighted by Gasteiger charge is 2.23. The molecule has 0 saturated heterocycles. The molecule has 0 aromatic carbocycles. The Morgan fingerprint density at radius 3 is 3.00 bits per heavy atom. The van der Waals surface area contributed by atoms with Crippen molar-refractivity contribution >= 4 is 45.0 Å². The number of nitrogens with zero attached hydrogens (tertiary/aromatic N) is 1. The lowest BCUT2D eigenvalue weighted by atomic mass is 10.5. The van der Waals surface area contributed by atoms with Crippen LogP contribution in [0.5, 0.6) is 0 Å². The highest BCUT2D eigenvalue weighted by Crippen LogP contribution is 2.36. The van der Waals surface area contributed by atoms with Gasteiger partial charge in [0.05, 0.1) is 10.0 Å². The molecule has 12 heavy (non-hydrogen) atoms. The summed E-state index contributed by atoms with van der Waals surface area (Å²) in [6, 6.07) is 1.56. The van der Waals surface area contributed by atoms with E-state index in [0.29, 0.717) is 10.0 Å². The van der Waals surface area contributed by atoms with Crippen LogP contribution in [0.4, 0.5) is 5.69 Å². The SMILES string of the molecule is O=S1(=O)N=CNc2cc(Cl)sc21. The molecular formula is C5H3ClN2O2S2. The summed E-state index contributed by atoms with van der Waals surface area (Å²) in [4.78, 5) is 0. The predicted molar refractivity (Wildman–Crippen MR) is 48.6 cm³/mol. The number of thiophene rings is 1. The molecule has 0 saturated carbocycles. The first kappa shape index (κ1) is 8.03. The Morgan fingerprint density at radius 1 is 1.58 bits per heavy atom. The Labute approximate surface area is 77.9 Å². The highest BCUT2D eigenvalue weighted by molar-refractivity contribution is 7.92. The molecule has 2 heterocycles. The maximum Gasteiger partial charge on any atom is 0.295 e. The maximum atomic E-state index is 11.2. The van der Waals surface area contributed by atoms with E-state index in [1.165, 1.54) is 0 Å². The van der Waals surface area contributed by atoms with Gasteiger partial charge in [-0.25, -0.2) is 0 Å². The van der Waals surface area contributed by atoms with Crippen molar-refractivity contribution in [1.82, 2.24) is 0 Å². The number of anilines is 1. The molecule has 1 aromatic heterocycles. The molecule has 2 rings (SSSR count). The van der Waals surface area contributed by atoms with Crippen molar-refractivity contribution in [1.29, 1.82) is 0 Å². The van der Waals surface area contributed by atoms with Crippen molar-refractivity contribution in [3.63, 3.8) is 0 Å². The van der Waals surface area contributed by atoms with Crippen LogP contribution >= 0.6 is 22.9 Å². The molecule has 0 radical (unpaired) electrons. The van der Waals surface area contributed by atoms with Crippen LogP contribution in [0.15, 0.2) is 14.7 Å². The summed E-state index contributed by atoms with van der Waals surface area (Å²) >= 11 is 6.64. The molecule has 1 N–H and O–H groups in total. The molecule has 0 fully saturated rings. The lowest BCUT2D eigenvalue weighted by Gasteiger charge is -2.04. The Bertz CT molecular complexity index is 448. The minimum atomic E-state index is -3.48. The number of nitrogens with one attached hydrogen (secondary N) is 1. The largest absolute Gasteiger partial charge is 0.344 e. The average Bonchev–Trinajstić information content (AvgIpc) is 2.30. The monoisotopic (exact) mass is 222 g/mol. The summed E-state index contributed by atoms with van der Waals surface area (Å²) in [5, 5.41) is 2.69. The molecule has 1 aliphatic rings. The molecule has 0 amide bonds. The quantitative estimate of drug-likeness (QED) is 0.725. The van der Waals surface area contributed by atoms with Crippen LogP contribution in [0.2, 0.25) is 4.34 Å². The zero-order valence-electron chi connectivity index (χ0n) is 5.61. The molecule has 0 aliphatic carbocycles. The van der Waals surface area contributed by atoms with E-state index in [4.69, 9.17) is 11.6 Å². The third kappa shape index (κ3) is 1.12. The minimum Gasteiger partial charge on any atom is -0.344 e. The van der Waals surface area contributed by atoms with Gasteiger partial charge in [0.2, 0.25) is 0 Å². The first-order valence-electron chi connectivity index (χ1n) is 2.94. The van der Waals surface area contributed by atoms with Crippen molar-refractivity contribution in [2.45, 2.75) is 4.21 Å². The standard InChI is InChI=1S/C5H3ClN2O2S2/c6-4-1-3-5(11-4)12(9,10)8-2-7-3/h1-2H,(H,7,8). The number of hydrogen-bond donors (Lipinski definition) is 1. The van der Waals surface area contributed by atoms with E-state index in [1.54, 1.807) is 6.07 Å². The summed E-state index contributed by atoms with van der Waals surface area (Å²) < 4.78 is 26.3. The normalized spacial score (nSPS) is 18.4. The molecular weight excluding hydrogens is 220 g/mol. The van der Waals surface area contributed by atoms with Gasteiger partial charge in [-0.2, -0.15) is 8.42 Å². The summed E-state index contributed by atoms with van der Waals surface area (Å²) in [5.41, 5.74) is 0.500. The number of sulfonamides is 1. The van der Waals surface area contributed by atoms with Gasteiger partial charge in [-0.1, -0.05) is 11.6 Å². The topological polar surface area (TPSA) is 58.5 Å². The molecule has 1 aromatic rings. The fourth-order valence-electron chi connectivity index (χ4n) is 0.851. The molecule has 0 spiro atoms. The van der Waals surface area contributed by atoms with Gasteiger partial charge in [0.25, 0.3) is 10.0 Å². The van der Waals surface area contributed by atoms with Gasteiger partial charge in [-0.3, -0.25) is 0 Å². The summed E-state index contributed by atoms with van der Waals surface area (Å²) in [7, 11) is -3.48. The predicted octanol–water partition coefficient (Wildman–Crippen LogP) is 1.54. The van der Waals surface area contributed by atoms with Crippen molar-refractivity contribution in [2.24, 2.45) is 4.40 Å². The maximum absolute atomic E-state index is 11.2. The molecule has 0 unspecified atom stereocenters. The van der Waals surface area contributed by atoms with Crippen LogP contribution in [0.25, 0.3) is 0 Å². The summed E-state index contributed by atoms with van der Waals surface area (Å²) in [6.07, 6.45) is 1.14. The molecule has 0 atom stereocenters. The fourth-order valence-corrected chi connectivity index (χ4v) is 3.41. The second-order valence-corrected chi connectivity index (χ2v) is 5.62. The first-order valence-corrected chi connectivity index (χ1v) is 5.58. The van der Waals surface area contributed by atoms with Crippen molar-refractivity contribution in [3.8, 4) is 0 Å². The zero-order valence-corrected chi connectivity index (χ0v) is 8.00.